The van der Waals surface area contributed by atoms with Gasteiger partial charge in [-0.05, 0) is 56.4 Å². The molecule has 1 heterocycles. The standard InChI is InChI=1S/C23H26N2O3S2/c1-16-4-8-19(9-5-16)23-25-21(17(2)28-23)14-30(27)15-22(26)24-13-12-18-6-10-20(29-3)11-7-18/h4-11H,12-15H2,1-3H3,(H,24,26). The first-order chi connectivity index (χ1) is 14.4. The maximum absolute atomic E-state index is 12.4. The van der Waals surface area contributed by atoms with E-state index in [0.717, 1.165) is 23.1 Å². The van der Waals surface area contributed by atoms with Crippen molar-refractivity contribution >= 4 is 28.5 Å². The summed E-state index contributed by atoms with van der Waals surface area (Å²) in [6.07, 6.45) is 2.79. The van der Waals surface area contributed by atoms with Crippen LogP contribution < -0.4 is 5.32 Å². The van der Waals surface area contributed by atoms with Crippen molar-refractivity contribution in [3.05, 3.63) is 71.1 Å². The zero-order valence-electron chi connectivity index (χ0n) is 17.4. The van der Waals surface area contributed by atoms with Gasteiger partial charge in [-0.25, -0.2) is 4.98 Å². The van der Waals surface area contributed by atoms with Crippen LogP contribution in [0.4, 0.5) is 0 Å². The number of oxazole rings is 1. The zero-order chi connectivity index (χ0) is 21.5. The summed E-state index contributed by atoms with van der Waals surface area (Å²) in [5.74, 6) is 1.08. The molecule has 1 aromatic heterocycles. The van der Waals surface area contributed by atoms with Crippen molar-refractivity contribution in [1.29, 1.82) is 0 Å². The maximum Gasteiger partial charge on any atom is 0.232 e. The monoisotopic (exact) mass is 442 g/mol. The van der Waals surface area contributed by atoms with Crippen LogP contribution >= 0.6 is 11.8 Å². The third-order valence-electron chi connectivity index (χ3n) is 4.68. The molecule has 0 saturated carbocycles. The fourth-order valence-corrected chi connectivity index (χ4v) is 4.40. The second kappa shape index (κ2) is 10.6. The van der Waals surface area contributed by atoms with Crippen LogP contribution in [0.2, 0.25) is 0 Å². The number of thioether (sulfide) groups is 1. The largest absolute Gasteiger partial charge is 0.441 e. The van der Waals surface area contributed by atoms with Gasteiger partial charge in [-0.2, -0.15) is 0 Å². The fourth-order valence-electron chi connectivity index (χ4n) is 2.92. The maximum atomic E-state index is 12.4. The van der Waals surface area contributed by atoms with Gasteiger partial charge in [0.2, 0.25) is 11.8 Å². The minimum atomic E-state index is -1.35. The molecule has 0 radical (unpaired) electrons. The van der Waals surface area contributed by atoms with E-state index in [0.29, 0.717) is 23.9 Å². The van der Waals surface area contributed by atoms with Gasteiger partial charge in [-0.3, -0.25) is 9.00 Å². The summed E-state index contributed by atoms with van der Waals surface area (Å²) < 4.78 is 18.2. The van der Waals surface area contributed by atoms with Crippen LogP contribution in [0.3, 0.4) is 0 Å². The lowest BCUT2D eigenvalue weighted by atomic mass is 10.1. The Morgan fingerprint density at radius 2 is 1.80 bits per heavy atom. The van der Waals surface area contributed by atoms with Crippen LogP contribution in [0, 0.1) is 13.8 Å². The number of hydrogen-bond donors (Lipinski definition) is 1. The molecule has 0 fully saturated rings. The molecule has 0 aliphatic rings. The summed E-state index contributed by atoms with van der Waals surface area (Å²) in [4.78, 5) is 17.8. The molecule has 0 aliphatic carbocycles. The number of amides is 1. The molecule has 1 amide bonds. The van der Waals surface area contributed by atoms with Gasteiger partial charge in [-0.15, -0.1) is 11.8 Å². The van der Waals surface area contributed by atoms with Crippen molar-refractivity contribution in [1.82, 2.24) is 10.3 Å². The SMILES string of the molecule is CSc1ccc(CCNC(=O)CS(=O)Cc2nc(-c3ccc(C)cc3)oc2C)cc1. The lowest BCUT2D eigenvalue weighted by Gasteiger charge is -2.06. The number of benzene rings is 2. The number of aryl methyl sites for hydroxylation is 2. The van der Waals surface area contributed by atoms with E-state index in [1.54, 1.807) is 18.7 Å². The van der Waals surface area contributed by atoms with Gasteiger partial charge in [0.05, 0.1) is 11.4 Å². The lowest BCUT2D eigenvalue weighted by Crippen LogP contribution is -2.30. The van der Waals surface area contributed by atoms with Crippen molar-refractivity contribution in [3.63, 3.8) is 0 Å². The Hall–Kier alpha value is -2.38. The second-order valence-corrected chi connectivity index (χ2v) is 9.40. The Balaban J connectivity index is 1.47. The first-order valence-electron chi connectivity index (χ1n) is 9.72. The quantitative estimate of drug-likeness (QED) is 0.501. The predicted octanol–water partition coefficient (Wildman–Crippen LogP) is 4.29. The number of nitrogens with one attached hydrogen (secondary N) is 1. The third-order valence-corrected chi connectivity index (χ3v) is 6.60. The smallest absolute Gasteiger partial charge is 0.232 e. The number of nitrogens with zero attached hydrogens (tertiary/aromatic N) is 1. The summed E-state index contributed by atoms with van der Waals surface area (Å²) in [6, 6.07) is 16.2. The molecule has 2 aromatic carbocycles. The number of carbonyl (C=O) groups is 1. The predicted molar refractivity (Wildman–Crippen MR) is 123 cm³/mol. The zero-order valence-corrected chi connectivity index (χ0v) is 19.1. The van der Waals surface area contributed by atoms with E-state index in [-0.39, 0.29) is 17.4 Å². The number of hydrogen-bond acceptors (Lipinski definition) is 5. The first kappa shape index (κ1) is 22.3. The highest BCUT2D eigenvalue weighted by molar-refractivity contribution is 7.98. The summed E-state index contributed by atoms with van der Waals surface area (Å²) in [7, 11) is -1.35. The van der Waals surface area contributed by atoms with Crippen LogP contribution in [0.25, 0.3) is 11.5 Å². The topological polar surface area (TPSA) is 72.2 Å². The molecule has 7 heteroatoms. The Morgan fingerprint density at radius 3 is 2.47 bits per heavy atom. The highest BCUT2D eigenvalue weighted by atomic mass is 32.2. The van der Waals surface area contributed by atoms with Crippen molar-refractivity contribution in [2.24, 2.45) is 0 Å². The van der Waals surface area contributed by atoms with E-state index >= 15 is 0 Å². The molecule has 0 spiro atoms. The van der Waals surface area contributed by atoms with Crippen LogP contribution in [-0.2, 0) is 27.8 Å². The molecule has 1 atom stereocenters. The molecule has 1 N–H and O–H groups in total. The average molecular weight is 443 g/mol. The molecule has 3 rings (SSSR count). The normalized spacial score (nSPS) is 12.0. The van der Waals surface area contributed by atoms with Gasteiger partial charge in [0.25, 0.3) is 0 Å². The minimum absolute atomic E-state index is 0.0441. The number of rotatable bonds is 9. The molecular formula is C23H26N2O3S2. The van der Waals surface area contributed by atoms with Gasteiger partial charge in [-0.1, -0.05) is 29.8 Å². The Labute approximate surface area is 184 Å². The second-order valence-electron chi connectivity index (χ2n) is 7.06. The van der Waals surface area contributed by atoms with Crippen molar-refractivity contribution in [2.45, 2.75) is 30.9 Å². The lowest BCUT2D eigenvalue weighted by molar-refractivity contribution is -0.118. The van der Waals surface area contributed by atoms with Crippen molar-refractivity contribution in [3.8, 4) is 11.5 Å². The van der Waals surface area contributed by atoms with E-state index in [9.17, 15) is 9.00 Å². The van der Waals surface area contributed by atoms with Crippen LogP contribution in [0.5, 0.6) is 0 Å². The highest BCUT2D eigenvalue weighted by Gasteiger charge is 2.16. The molecule has 0 bridgehead atoms. The average Bonchev–Trinajstić information content (AvgIpc) is 3.09. The van der Waals surface area contributed by atoms with E-state index < -0.39 is 10.8 Å². The van der Waals surface area contributed by atoms with E-state index in [2.05, 4.69) is 34.6 Å². The van der Waals surface area contributed by atoms with Crippen molar-refractivity contribution in [2.75, 3.05) is 18.6 Å². The Morgan fingerprint density at radius 1 is 1.10 bits per heavy atom. The van der Waals surface area contributed by atoms with Crippen LogP contribution in [0.1, 0.15) is 22.6 Å². The van der Waals surface area contributed by atoms with Crippen LogP contribution in [-0.4, -0.2) is 33.7 Å². The summed E-state index contributed by atoms with van der Waals surface area (Å²) in [5, 5.41) is 2.85. The molecule has 5 nitrogen and oxygen atoms in total. The molecular weight excluding hydrogens is 416 g/mol. The molecule has 158 valence electrons. The summed E-state index contributed by atoms with van der Waals surface area (Å²) >= 11 is 1.70. The molecule has 30 heavy (non-hydrogen) atoms. The van der Waals surface area contributed by atoms with Gasteiger partial charge >= 0.3 is 0 Å². The first-order valence-corrected chi connectivity index (χ1v) is 12.4. The van der Waals surface area contributed by atoms with E-state index in [1.807, 2.05) is 37.4 Å². The molecule has 3 aromatic rings. The molecule has 0 saturated heterocycles. The molecule has 0 aliphatic heterocycles. The van der Waals surface area contributed by atoms with Crippen LogP contribution in [0.15, 0.2) is 57.8 Å². The third kappa shape index (κ3) is 6.31. The minimum Gasteiger partial charge on any atom is -0.441 e. The van der Waals surface area contributed by atoms with Gasteiger partial charge in [0, 0.05) is 27.8 Å². The van der Waals surface area contributed by atoms with Gasteiger partial charge in [0.1, 0.15) is 11.5 Å². The summed E-state index contributed by atoms with van der Waals surface area (Å²) in [6.45, 7) is 4.35. The Kier molecular flexibility index (Phi) is 7.87. The Bertz CT molecular complexity index is 1010. The number of aromatic nitrogens is 1. The highest BCUT2D eigenvalue weighted by Crippen LogP contribution is 2.23. The van der Waals surface area contributed by atoms with Gasteiger partial charge < -0.3 is 9.73 Å². The van der Waals surface area contributed by atoms with E-state index in [4.69, 9.17) is 4.42 Å². The molecule has 1 unspecified atom stereocenters. The fraction of sp³-hybridized carbons (Fsp3) is 0.304. The van der Waals surface area contributed by atoms with E-state index in [1.165, 1.54) is 4.90 Å². The summed E-state index contributed by atoms with van der Waals surface area (Å²) in [5.41, 5.74) is 3.83. The number of carbonyl (C=O) groups excluding carboxylic acids is 1. The van der Waals surface area contributed by atoms with Gasteiger partial charge in [0.15, 0.2) is 0 Å². The van der Waals surface area contributed by atoms with Crippen molar-refractivity contribution < 1.29 is 13.4 Å².